The molecule has 0 fully saturated rings. The molecule has 0 saturated carbocycles. The Morgan fingerprint density at radius 1 is 1.13 bits per heavy atom. The molecular formula is C23H29N3O4S. The van der Waals surface area contributed by atoms with Gasteiger partial charge < -0.3 is 5.32 Å². The Kier molecular flexibility index (Phi) is 6.81. The average molecular weight is 444 g/mol. The Labute approximate surface area is 184 Å². The van der Waals surface area contributed by atoms with Gasteiger partial charge in [-0.1, -0.05) is 38.1 Å². The molecule has 166 valence electrons. The molecule has 1 aliphatic heterocycles. The molecule has 1 aliphatic rings. The van der Waals surface area contributed by atoms with Crippen molar-refractivity contribution in [3.63, 3.8) is 0 Å². The van der Waals surface area contributed by atoms with Gasteiger partial charge in [-0.05, 0) is 41.8 Å². The van der Waals surface area contributed by atoms with Gasteiger partial charge >= 0.3 is 0 Å². The predicted molar refractivity (Wildman–Crippen MR) is 120 cm³/mol. The molecule has 7 nitrogen and oxygen atoms in total. The normalized spacial score (nSPS) is 15.8. The minimum absolute atomic E-state index is 0.180. The highest BCUT2D eigenvalue weighted by Crippen LogP contribution is 2.35. The summed E-state index contributed by atoms with van der Waals surface area (Å²) in [5.41, 5.74) is 3.35. The molecule has 3 rings (SSSR count). The zero-order valence-electron chi connectivity index (χ0n) is 18.4. The molecular weight excluding hydrogens is 414 g/mol. The quantitative estimate of drug-likeness (QED) is 0.713. The zero-order chi connectivity index (χ0) is 22.8. The van der Waals surface area contributed by atoms with E-state index in [0.717, 1.165) is 11.1 Å². The standard InChI is InChI=1S/C23H29N3O4S/c1-5-25(6-2)31(29,30)20-11-12-21-19(13-20)14-22(26(21)17(4)27)23(28)24-15-18-10-8-7-9-16(18)3/h7-13,22H,5-6,14-15H2,1-4H3,(H,24,28). The number of amides is 2. The number of nitrogens with one attached hydrogen (secondary N) is 1. The lowest BCUT2D eigenvalue weighted by Crippen LogP contribution is -2.47. The number of anilines is 1. The molecule has 2 aromatic carbocycles. The molecule has 0 aliphatic carbocycles. The minimum atomic E-state index is -3.62. The average Bonchev–Trinajstić information content (AvgIpc) is 3.13. The van der Waals surface area contributed by atoms with E-state index in [1.54, 1.807) is 26.0 Å². The first-order chi connectivity index (χ1) is 14.7. The van der Waals surface area contributed by atoms with Crippen molar-refractivity contribution in [3.05, 3.63) is 59.2 Å². The molecule has 0 radical (unpaired) electrons. The van der Waals surface area contributed by atoms with Gasteiger partial charge in [-0.3, -0.25) is 14.5 Å². The number of fused-ring (bicyclic) bond motifs is 1. The molecule has 1 N–H and O–H groups in total. The highest BCUT2D eigenvalue weighted by Gasteiger charge is 2.38. The van der Waals surface area contributed by atoms with Gasteiger partial charge in [0.2, 0.25) is 21.8 Å². The fourth-order valence-electron chi connectivity index (χ4n) is 4.01. The number of benzene rings is 2. The summed E-state index contributed by atoms with van der Waals surface area (Å²) in [5, 5.41) is 2.92. The predicted octanol–water partition coefficient (Wildman–Crippen LogP) is 2.62. The Morgan fingerprint density at radius 2 is 1.81 bits per heavy atom. The van der Waals surface area contributed by atoms with Crippen LogP contribution >= 0.6 is 0 Å². The summed E-state index contributed by atoms with van der Waals surface area (Å²) >= 11 is 0. The number of sulfonamides is 1. The number of carbonyl (C=O) groups is 2. The second kappa shape index (κ2) is 9.20. The van der Waals surface area contributed by atoms with Crippen LogP contribution in [0.1, 0.15) is 37.5 Å². The SMILES string of the molecule is CCN(CC)S(=O)(=O)c1ccc2c(c1)CC(C(=O)NCc1ccccc1C)N2C(C)=O. The van der Waals surface area contributed by atoms with Crippen molar-refractivity contribution in [3.8, 4) is 0 Å². The van der Waals surface area contributed by atoms with Crippen LogP contribution in [0.5, 0.6) is 0 Å². The van der Waals surface area contributed by atoms with Crippen molar-refractivity contribution in [1.82, 2.24) is 9.62 Å². The zero-order valence-corrected chi connectivity index (χ0v) is 19.2. The van der Waals surface area contributed by atoms with Crippen LogP contribution in [0, 0.1) is 6.92 Å². The highest BCUT2D eigenvalue weighted by molar-refractivity contribution is 7.89. The van der Waals surface area contributed by atoms with E-state index in [0.29, 0.717) is 30.9 Å². The molecule has 0 aromatic heterocycles. The monoisotopic (exact) mass is 443 g/mol. The Hall–Kier alpha value is -2.71. The van der Waals surface area contributed by atoms with Gasteiger partial charge in [0.25, 0.3) is 0 Å². The molecule has 0 bridgehead atoms. The first-order valence-electron chi connectivity index (χ1n) is 10.5. The first-order valence-corrected chi connectivity index (χ1v) is 11.9. The molecule has 0 spiro atoms. The molecule has 2 amide bonds. The van der Waals surface area contributed by atoms with E-state index in [-0.39, 0.29) is 23.1 Å². The number of rotatable bonds is 7. The third-order valence-electron chi connectivity index (χ3n) is 5.73. The lowest BCUT2D eigenvalue weighted by molar-refractivity contribution is -0.125. The fourth-order valence-corrected chi connectivity index (χ4v) is 5.52. The van der Waals surface area contributed by atoms with Crippen LogP contribution in [-0.4, -0.2) is 43.7 Å². The number of carbonyl (C=O) groups excluding carboxylic acids is 2. The van der Waals surface area contributed by atoms with Crippen molar-refractivity contribution >= 4 is 27.5 Å². The van der Waals surface area contributed by atoms with Crippen LogP contribution in [0.4, 0.5) is 5.69 Å². The summed E-state index contributed by atoms with van der Waals surface area (Å²) in [6, 6.07) is 11.8. The Balaban J connectivity index is 1.85. The van der Waals surface area contributed by atoms with Gasteiger partial charge in [0.1, 0.15) is 6.04 Å². The summed E-state index contributed by atoms with van der Waals surface area (Å²) in [6.45, 7) is 8.09. The van der Waals surface area contributed by atoms with Crippen molar-refractivity contribution < 1.29 is 18.0 Å². The van der Waals surface area contributed by atoms with Crippen LogP contribution in [0.25, 0.3) is 0 Å². The first kappa shape index (κ1) is 23.0. The van der Waals surface area contributed by atoms with Crippen molar-refractivity contribution in [2.75, 3.05) is 18.0 Å². The van der Waals surface area contributed by atoms with Crippen molar-refractivity contribution in [2.45, 2.75) is 51.6 Å². The van der Waals surface area contributed by atoms with Crippen LogP contribution in [0.3, 0.4) is 0 Å². The summed E-state index contributed by atoms with van der Waals surface area (Å²) in [4.78, 5) is 27.0. The lowest BCUT2D eigenvalue weighted by Gasteiger charge is -2.24. The Morgan fingerprint density at radius 3 is 2.42 bits per heavy atom. The van der Waals surface area contributed by atoms with Crippen LogP contribution < -0.4 is 10.2 Å². The van der Waals surface area contributed by atoms with E-state index in [9.17, 15) is 18.0 Å². The van der Waals surface area contributed by atoms with E-state index in [4.69, 9.17) is 0 Å². The topological polar surface area (TPSA) is 86.8 Å². The maximum atomic E-state index is 13.0. The molecule has 1 heterocycles. The summed E-state index contributed by atoms with van der Waals surface area (Å²) < 4.78 is 27.2. The van der Waals surface area contributed by atoms with E-state index in [1.807, 2.05) is 31.2 Å². The molecule has 31 heavy (non-hydrogen) atoms. The lowest BCUT2D eigenvalue weighted by atomic mass is 10.1. The number of aryl methyl sites for hydroxylation is 1. The fraction of sp³-hybridized carbons (Fsp3) is 0.391. The van der Waals surface area contributed by atoms with Crippen LogP contribution in [0.15, 0.2) is 47.4 Å². The Bertz CT molecular complexity index is 1090. The molecule has 0 saturated heterocycles. The number of hydrogen-bond donors (Lipinski definition) is 1. The van der Waals surface area contributed by atoms with Gasteiger partial charge in [-0.25, -0.2) is 8.42 Å². The molecule has 8 heteroatoms. The van der Waals surface area contributed by atoms with Gasteiger partial charge in [-0.15, -0.1) is 0 Å². The van der Waals surface area contributed by atoms with Crippen molar-refractivity contribution in [2.24, 2.45) is 0 Å². The number of nitrogens with zero attached hydrogens (tertiary/aromatic N) is 2. The molecule has 1 unspecified atom stereocenters. The van der Waals surface area contributed by atoms with Gasteiger partial charge in [0, 0.05) is 38.7 Å². The summed E-state index contributed by atoms with van der Waals surface area (Å²) in [7, 11) is -3.62. The van der Waals surface area contributed by atoms with Crippen LogP contribution in [-0.2, 0) is 32.6 Å². The summed E-state index contributed by atoms with van der Waals surface area (Å²) in [5.74, 6) is -0.517. The number of hydrogen-bond acceptors (Lipinski definition) is 4. The van der Waals surface area contributed by atoms with Crippen molar-refractivity contribution in [1.29, 1.82) is 0 Å². The maximum absolute atomic E-state index is 13.0. The van der Waals surface area contributed by atoms with Gasteiger partial charge in [0.15, 0.2) is 0 Å². The minimum Gasteiger partial charge on any atom is -0.350 e. The van der Waals surface area contributed by atoms with E-state index in [2.05, 4.69) is 5.32 Å². The summed E-state index contributed by atoms with van der Waals surface area (Å²) in [6.07, 6.45) is 0.274. The van der Waals surface area contributed by atoms with E-state index in [1.165, 1.54) is 22.2 Å². The van der Waals surface area contributed by atoms with Gasteiger partial charge in [-0.2, -0.15) is 4.31 Å². The second-order valence-electron chi connectivity index (χ2n) is 7.63. The van der Waals surface area contributed by atoms with Gasteiger partial charge in [0.05, 0.1) is 4.90 Å². The van der Waals surface area contributed by atoms with E-state index >= 15 is 0 Å². The van der Waals surface area contributed by atoms with E-state index < -0.39 is 16.1 Å². The molecule has 1 atom stereocenters. The smallest absolute Gasteiger partial charge is 0.243 e. The second-order valence-corrected chi connectivity index (χ2v) is 9.57. The third-order valence-corrected chi connectivity index (χ3v) is 7.78. The highest BCUT2D eigenvalue weighted by atomic mass is 32.2. The third kappa shape index (κ3) is 4.50. The maximum Gasteiger partial charge on any atom is 0.243 e. The van der Waals surface area contributed by atoms with Crippen LogP contribution in [0.2, 0.25) is 0 Å². The largest absolute Gasteiger partial charge is 0.350 e. The molecule has 2 aromatic rings.